The molecule has 10 heavy (non-hydrogen) atoms. The van der Waals surface area contributed by atoms with E-state index < -0.39 is 11.8 Å². The zero-order chi connectivity index (χ0) is 7.61. The summed E-state index contributed by atoms with van der Waals surface area (Å²) >= 11 is 0. The van der Waals surface area contributed by atoms with Crippen LogP contribution in [0.3, 0.4) is 0 Å². The number of aliphatic hydroxyl groups excluding tert-OH is 1. The van der Waals surface area contributed by atoms with Crippen LogP contribution in [0.25, 0.3) is 0 Å². The van der Waals surface area contributed by atoms with E-state index in [4.69, 9.17) is 5.11 Å². The Hall–Kier alpha value is -0.180. The highest BCUT2D eigenvalue weighted by atomic mass is 19.3. The van der Waals surface area contributed by atoms with Gasteiger partial charge in [0.15, 0.2) is 0 Å². The molecule has 0 spiro atoms. The predicted octanol–water partition coefficient (Wildman–Crippen LogP) is 1.80. The van der Waals surface area contributed by atoms with Crippen molar-refractivity contribution in [1.82, 2.24) is 0 Å². The van der Waals surface area contributed by atoms with Crippen LogP contribution in [-0.2, 0) is 0 Å². The van der Waals surface area contributed by atoms with Gasteiger partial charge in [0.25, 0.3) is 5.92 Å². The molecule has 0 aromatic rings. The van der Waals surface area contributed by atoms with Crippen LogP contribution in [0.5, 0.6) is 0 Å². The second-order valence-corrected chi connectivity index (χ2v) is 2.86. The number of alkyl halides is 2. The van der Waals surface area contributed by atoms with Gasteiger partial charge in [-0.2, -0.15) is 0 Å². The lowest BCUT2D eigenvalue weighted by atomic mass is 10.0. The van der Waals surface area contributed by atoms with Crippen LogP contribution in [-0.4, -0.2) is 17.6 Å². The third-order valence-electron chi connectivity index (χ3n) is 2.14. The van der Waals surface area contributed by atoms with E-state index in [1.165, 1.54) is 0 Å². The summed E-state index contributed by atoms with van der Waals surface area (Å²) in [6.07, 6.45) is 1.45. The van der Waals surface area contributed by atoms with Crippen molar-refractivity contribution >= 4 is 0 Å². The zero-order valence-corrected chi connectivity index (χ0v) is 5.82. The molecule has 3 heteroatoms. The maximum atomic E-state index is 12.7. The monoisotopic (exact) mass is 150 g/mol. The summed E-state index contributed by atoms with van der Waals surface area (Å²) in [6.45, 7) is -0.111. The van der Waals surface area contributed by atoms with Crippen LogP contribution in [0.15, 0.2) is 0 Å². The lowest BCUT2D eigenvalue weighted by Crippen LogP contribution is -2.22. The van der Waals surface area contributed by atoms with E-state index in [0.717, 1.165) is 0 Å². The number of rotatable bonds is 2. The minimum Gasteiger partial charge on any atom is -0.396 e. The van der Waals surface area contributed by atoms with Gasteiger partial charge >= 0.3 is 0 Å². The molecule has 1 nitrogen and oxygen atoms in total. The highest BCUT2D eigenvalue weighted by Crippen LogP contribution is 2.41. The van der Waals surface area contributed by atoms with Gasteiger partial charge in [-0.25, -0.2) is 8.78 Å². The van der Waals surface area contributed by atoms with E-state index in [-0.39, 0.29) is 19.4 Å². The molecule has 60 valence electrons. The fourth-order valence-corrected chi connectivity index (χ4v) is 1.51. The molecule has 0 unspecified atom stereocenters. The van der Waals surface area contributed by atoms with Crippen LogP contribution in [0.2, 0.25) is 0 Å². The maximum Gasteiger partial charge on any atom is 0.251 e. The van der Waals surface area contributed by atoms with Crippen molar-refractivity contribution in [2.75, 3.05) is 6.61 Å². The minimum atomic E-state index is -2.50. The van der Waals surface area contributed by atoms with E-state index in [1.807, 2.05) is 0 Å². The number of hydrogen-bond donors (Lipinski definition) is 1. The highest BCUT2D eigenvalue weighted by Gasteiger charge is 2.42. The first-order valence-corrected chi connectivity index (χ1v) is 3.65. The van der Waals surface area contributed by atoms with E-state index >= 15 is 0 Å². The summed E-state index contributed by atoms with van der Waals surface area (Å²) in [5.74, 6) is -3.06. The summed E-state index contributed by atoms with van der Waals surface area (Å²) in [5.41, 5.74) is 0. The third kappa shape index (κ3) is 1.45. The van der Waals surface area contributed by atoms with Crippen molar-refractivity contribution in [3.8, 4) is 0 Å². The van der Waals surface area contributed by atoms with Gasteiger partial charge < -0.3 is 5.11 Å². The zero-order valence-electron chi connectivity index (χ0n) is 5.82. The molecule has 1 rings (SSSR count). The molecule has 0 amide bonds. The fraction of sp³-hybridized carbons (Fsp3) is 1.00. The van der Waals surface area contributed by atoms with Crippen molar-refractivity contribution in [3.63, 3.8) is 0 Å². The standard InChI is InChI=1S/C7H12F2O/c8-7(9)4-1-2-6(7)3-5-10/h6,10H,1-5H2/t6-/m0/s1. The largest absolute Gasteiger partial charge is 0.396 e. The first kappa shape index (κ1) is 7.92. The Bertz CT molecular complexity index is 114. The fourth-order valence-electron chi connectivity index (χ4n) is 1.51. The Morgan fingerprint density at radius 3 is 2.60 bits per heavy atom. The van der Waals surface area contributed by atoms with Gasteiger partial charge in [0.2, 0.25) is 0 Å². The van der Waals surface area contributed by atoms with Crippen molar-refractivity contribution in [2.45, 2.75) is 31.6 Å². The molecule has 0 aromatic heterocycles. The Labute approximate surface area is 59.0 Å². The van der Waals surface area contributed by atoms with Gasteiger partial charge in [0.1, 0.15) is 0 Å². The van der Waals surface area contributed by atoms with Crippen molar-refractivity contribution in [1.29, 1.82) is 0 Å². The number of aliphatic hydroxyl groups is 1. The van der Waals surface area contributed by atoms with Gasteiger partial charge in [-0.05, 0) is 19.3 Å². The van der Waals surface area contributed by atoms with Gasteiger partial charge in [-0.3, -0.25) is 0 Å². The Morgan fingerprint density at radius 2 is 2.20 bits per heavy atom. The molecule has 0 bridgehead atoms. The number of halogens is 2. The van der Waals surface area contributed by atoms with Crippen molar-refractivity contribution in [3.05, 3.63) is 0 Å². The first-order valence-electron chi connectivity index (χ1n) is 3.65. The lowest BCUT2D eigenvalue weighted by molar-refractivity contribution is -0.0437. The minimum absolute atomic E-state index is 0.0116. The molecule has 1 atom stereocenters. The molecule has 0 heterocycles. The normalized spacial score (nSPS) is 30.9. The van der Waals surface area contributed by atoms with E-state index in [2.05, 4.69) is 0 Å². The average molecular weight is 150 g/mol. The van der Waals surface area contributed by atoms with Crippen LogP contribution in [0, 0.1) is 5.92 Å². The molecule has 0 saturated heterocycles. The van der Waals surface area contributed by atoms with Crippen molar-refractivity contribution in [2.24, 2.45) is 5.92 Å². The summed E-state index contributed by atoms with van der Waals surface area (Å²) < 4.78 is 25.4. The molecule has 1 fully saturated rings. The Morgan fingerprint density at radius 1 is 1.50 bits per heavy atom. The third-order valence-corrected chi connectivity index (χ3v) is 2.14. The van der Waals surface area contributed by atoms with Gasteiger partial charge in [-0.15, -0.1) is 0 Å². The summed E-state index contributed by atoms with van der Waals surface area (Å²) in [6, 6.07) is 0. The molecular formula is C7H12F2O. The van der Waals surface area contributed by atoms with Gasteiger partial charge in [0.05, 0.1) is 0 Å². The van der Waals surface area contributed by atoms with Crippen LogP contribution >= 0.6 is 0 Å². The Kier molecular flexibility index (Phi) is 2.24. The molecule has 0 aliphatic heterocycles. The summed E-state index contributed by atoms with van der Waals surface area (Å²) in [7, 11) is 0. The summed E-state index contributed by atoms with van der Waals surface area (Å²) in [4.78, 5) is 0. The summed E-state index contributed by atoms with van der Waals surface area (Å²) in [5, 5.41) is 8.43. The first-order chi connectivity index (χ1) is 4.67. The smallest absolute Gasteiger partial charge is 0.251 e. The van der Waals surface area contributed by atoms with Crippen LogP contribution < -0.4 is 0 Å². The molecule has 0 radical (unpaired) electrons. The second-order valence-electron chi connectivity index (χ2n) is 2.86. The van der Waals surface area contributed by atoms with E-state index in [1.54, 1.807) is 0 Å². The van der Waals surface area contributed by atoms with Gasteiger partial charge in [-0.1, -0.05) is 0 Å². The SMILES string of the molecule is OCC[C@@H]1CCCC1(F)F. The molecule has 1 aliphatic carbocycles. The number of hydrogen-bond acceptors (Lipinski definition) is 1. The topological polar surface area (TPSA) is 20.2 Å². The van der Waals surface area contributed by atoms with E-state index in [9.17, 15) is 8.78 Å². The molecule has 1 saturated carbocycles. The molecule has 1 aliphatic rings. The maximum absolute atomic E-state index is 12.7. The molecular weight excluding hydrogens is 138 g/mol. The predicted molar refractivity (Wildman–Crippen MR) is 34.0 cm³/mol. The second kappa shape index (κ2) is 2.82. The van der Waals surface area contributed by atoms with E-state index in [0.29, 0.717) is 12.8 Å². The van der Waals surface area contributed by atoms with Gasteiger partial charge in [0, 0.05) is 18.9 Å². The Balaban J connectivity index is 2.43. The van der Waals surface area contributed by atoms with Crippen molar-refractivity contribution < 1.29 is 13.9 Å². The molecule has 0 aromatic carbocycles. The molecule has 1 N–H and O–H groups in total. The lowest BCUT2D eigenvalue weighted by Gasteiger charge is -2.16. The van der Waals surface area contributed by atoms with Crippen LogP contribution in [0.4, 0.5) is 8.78 Å². The highest BCUT2D eigenvalue weighted by molar-refractivity contribution is 4.83. The quantitative estimate of drug-likeness (QED) is 0.636. The average Bonchev–Trinajstić information content (AvgIpc) is 2.13. The van der Waals surface area contributed by atoms with Crippen LogP contribution in [0.1, 0.15) is 25.7 Å².